The summed E-state index contributed by atoms with van der Waals surface area (Å²) in [7, 11) is 0. The number of hydrogen-bond donors (Lipinski definition) is 2. The fraction of sp³-hybridized carbons (Fsp3) is 0.526. The van der Waals surface area contributed by atoms with Crippen LogP contribution in [0.1, 0.15) is 42.5 Å². The Bertz CT molecular complexity index is 736. The molecule has 122 valence electrons. The number of hydrogen-bond acceptors (Lipinski definition) is 2. The third kappa shape index (κ3) is 2.39. The smallest absolute Gasteiger partial charge is 0.0617 e. The number of likely N-dealkylation sites (tertiary alicyclic amines) is 1. The third-order valence-electron chi connectivity index (χ3n) is 5.73. The van der Waals surface area contributed by atoms with Gasteiger partial charge in [-0.1, -0.05) is 31.3 Å². The number of aromatic nitrogens is 1. The Morgan fingerprint density at radius 1 is 1.43 bits per heavy atom. The van der Waals surface area contributed by atoms with Gasteiger partial charge in [-0.2, -0.15) is 0 Å². The lowest BCUT2D eigenvalue weighted by atomic mass is 9.73. The molecule has 0 spiro atoms. The average molecular weight is 327 g/mol. The van der Waals surface area contributed by atoms with E-state index in [4.69, 9.17) is 12.2 Å². The molecule has 1 aliphatic carbocycles. The van der Waals surface area contributed by atoms with Crippen LogP contribution < -0.4 is 5.32 Å². The van der Waals surface area contributed by atoms with Gasteiger partial charge in [0.1, 0.15) is 0 Å². The van der Waals surface area contributed by atoms with Crippen LogP contribution in [0.25, 0.3) is 10.9 Å². The van der Waals surface area contributed by atoms with Crippen LogP contribution in [0, 0.1) is 6.92 Å². The van der Waals surface area contributed by atoms with Gasteiger partial charge in [0.15, 0.2) is 0 Å². The number of aromatic amines is 1. The predicted molar refractivity (Wildman–Crippen MR) is 100 cm³/mol. The van der Waals surface area contributed by atoms with Crippen LogP contribution in [0.4, 0.5) is 0 Å². The molecule has 0 saturated carbocycles. The normalized spacial score (nSPS) is 27.0. The number of aryl methyl sites for hydroxylation is 1. The highest BCUT2D eigenvalue weighted by molar-refractivity contribution is 7.78. The lowest BCUT2D eigenvalue weighted by Gasteiger charge is -2.47. The fourth-order valence-corrected chi connectivity index (χ4v) is 5.02. The van der Waals surface area contributed by atoms with Crippen LogP contribution in [0.5, 0.6) is 0 Å². The standard InChI is InChI=1S/C19H25N3S/c1-3-7-22-10-13(20-11-23)8-16-14-5-4-6-17-19(14)15(9-18(16)22)12(2)21-17/h4-6,11,13,16,18,21H,3,7-10H2,1-2H3,(H,20,23)/t13-,16?,18+/m0/s1. The summed E-state index contributed by atoms with van der Waals surface area (Å²) in [6.45, 7) is 6.78. The van der Waals surface area contributed by atoms with Gasteiger partial charge < -0.3 is 10.3 Å². The number of rotatable bonds is 4. The van der Waals surface area contributed by atoms with Crippen molar-refractivity contribution < 1.29 is 0 Å². The predicted octanol–water partition coefficient (Wildman–Crippen LogP) is 3.52. The monoisotopic (exact) mass is 327 g/mol. The Morgan fingerprint density at radius 3 is 3.09 bits per heavy atom. The van der Waals surface area contributed by atoms with Crippen LogP contribution in [-0.2, 0) is 6.42 Å². The molecule has 2 N–H and O–H groups in total. The largest absolute Gasteiger partial charge is 0.378 e. The van der Waals surface area contributed by atoms with Crippen molar-refractivity contribution in [2.24, 2.45) is 0 Å². The zero-order valence-electron chi connectivity index (χ0n) is 13.9. The Labute approximate surface area is 143 Å². The summed E-state index contributed by atoms with van der Waals surface area (Å²) in [6, 6.07) is 7.87. The average Bonchev–Trinajstić information content (AvgIpc) is 2.86. The molecule has 1 unspecified atom stereocenters. The number of piperidine rings is 1. The van der Waals surface area contributed by atoms with Crippen molar-refractivity contribution in [2.45, 2.75) is 51.1 Å². The maximum atomic E-state index is 5.05. The minimum Gasteiger partial charge on any atom is -0.378 e. The van der Waals surface area contributed by atoms with Gasteiger partial charge in [0.2, 0.25) is 0 Å². The SMILES string of the molecule is CCCN1C[C@@H](NC=S)CC2c3cccc4[nH]c(C)c(c34)C[C@H]21. The Balaban J connectivity index is 1.80. The lowest BCUT2D eigenvalue weighted by molar-refractivity contribution is 0.105. The molecular weight excluding hydrogens is 302 g/mol. The first-order valence-electron chi connectivity index (χ1n) is 8.76. The molecule has 3 atom stereocenters. The van der Waals surface area contributed by atoms with E-state index in [1.54, 1.807) is 11.1 Å². The van der Waals surface area contributed by atoms with E-state index < -0.39 is 0 Å². The number of nitrogens with zero attached hydrogens (tertiary/aromatic N) is 1. The fourth-order valence-electron chi connectivity index (χ4n) is 4.83. The Morgan fingerprint density at radius 2 is 2.30 bits per heavy atom. The van der Waals surface area contributed by atoms with Gasteiger partial charge in [0.25, 0.3) is 0 Å². The highest BCUT2D eigenvalue weighted by atomic mass is 32.1. The van der Waals surface area contributed by atoms with Crippen molar-refractivity contribution in [3.63, 3.8) is 0 Å². The number of fused-ring (bicyclic) bond motifs is 2. The van der Waals surface area contributed by atoms with E-state index >= 15 is 0 Å². The number of thiocarbonyl (C=S) groups is 1. The van der Waals surface area contributed by atoms with Gasteiger partial charge in [0.05, 0.1) is 5.49 Å². The summed E-state index contributed by atoms with van der Waals surface area (Å²) >= 11 is 5.05. The molecule has 1 aromatic carbocycles. The second-order valence-corrected chi connectivity index (χ2v) is 7.32. The zero-order valence-corrected chi connectivity index (χ0v) is 14.7. The number of H-pyrrole nitrogens is 1. The number of benzene rings is 1. The highest BCUT2D eigenvalue weighted by Crippen LogP contribution is 2.44. The van der Waals surface area contributed by atoms with Crippen molar-refractivity contribution in [1.82, 2.24) is 15.2 Å². The summed E-state index contributed by atoms with van der Waals surface area (Å²) in [6.07, 6.45) is 3.56. The van der Waals surface area contributed by atoms with E-state index in [0.29, 0.717) is 18.0 Å². The van der Waals surface area contributed by atoms with Crippen LogP contribution in [0.15, 0.2) is 18.2 Å². The van der Waals surface area contributed by atoms with Crippen LogP contribution in [0.3, 0.4) is 0 Å². The molecule has 23 heavy (non-hydrogen) atoms. The summed E-state index contributed by atoms with van der Waals surface area (Å²) in [5.74, 6) is 0.606. The van der Waals surface area contributed by atoms with Gasteiger partial charge in [-0.3, -0.25) is 4.90 Å². The van der Waals surface area contributed by atoms with E-state index in [-0.39, 0.29) is 0 Å². The summed E-state index contributed by atoms with van der Waals surface area (Å²) < 4.78 is 0. The second-order valence-electron chi connectivity index (χ2n) is 7.09. The first kappa shape index (κ1) is 15.2. The highest BCUT2D eigenvalue weighted by Gasteiger charge is 2.40. The Kier molecular flexibility index (Phi) is 3.90. The molecule has 0 amide bonds. The van der Waals surface area contributed by atoms with E-state index in [1.165, 1.54) is 48.0 Å². The van der Waals surface area contributed by atoms with Crippen molar-refractivity contribution in [3.8, 4) is 0 Å². The molecule has 0 radical (unpaired) electrons. The van der Waals surface area contributed by atoms with E-state index in [0.717, 1.165) is 6.54 Å². The first-order valence-corrected chi connectivity index (χ1v) is 9.23. The molecule has 4 rings (SSSR count). The van der Waals surface area contributed by atoms with Crippen molar-refractivity contribution in [1.29, 1.82) is 0 Å². The molecule has 2 aromatic rings. The molecule has 1 aliphatic heterocycles. The molecule has 3 nitrogen and oxygen atoms in total. The van der Waals surface area contributed by atoms with Gasteiger partial charge >= 0.3 is 0 Å². The molecule has 1 fully saturated rings. The quantitative estimate of drug-likeness (QED) is 0.843. The van der Waals surface area contributed by atoms with Crippen LogP contribution >= 0.6 is 12.2 Å². The maximum absolute atomic E-state index is 5.05. The van der Waals surface area contributed by atoms with Crippen molar-refractivity contribution in [3.05, 3.63) is 35.0 Å². The molecule has 1 aromatic heterocycles. The minimum absolute atomic E-state index is 0.470. The van der Waals surface area contributed by atoms with Crippen molar-refractivity contribution >= 4 is 28.6 Å². The summed E-state index contributed by atoms with van der Waals surface area (Å²) in [5.41, 5.74) is 7.43. The van der Waals surface area contributed by atoms with Crippen molar-refractivity contribution in [2.75, 3.05) is 13.1 Å². The molecule has 0 bridgehead atoms. The molecule has 4 heteroatoms. The zero-order chi connectivity index (χ0) is 16.0. The second kappa shape index (κ2) is 5.91. The summed E-state index contributed by atoms with van der Waals surface area (Å²) in [5, 5.41) is 4.90. The van der Waals surface area contributed by atoms with E-state index in [2.05, 4.69) is 47.2 Å². The number of nitrogens with one attached hydrogen (secondary N) is 2. The van der Waals surface area contributed by atoms with Crippen LogP contribution in [-0.4, -0.2) is 40.5 Å². The minimum atomic E-state index is 0.470. The Hall–Kier alpha value is -1.39. The molecule has 1 saturated heterocycles. The van der Waals surface area contributed by atoms with E-state index in [1.807, 2.05) is 0 Å². The maximum Gasteiger partial charge on any atom is 0.0617 e. The lowest BCUT2D eigenvalue weighted by Crippen LogP contribution is -2.55. The molecular formula is C19H25N3S. The summed E-state index contributed by atoms with van der Waals surface area (Å²) in [4.78, 5) is 6.29. The first-order chi connectivity index (χ1) is 11.2. The van der Waals surface area contributed by atoms with Gasteiger partial charge in [-0.25, -0.2) is 0 Å². The van der Waals surface area contributed by atoms with Gasteiger partial charge in [-0.15, -0.1) is 0 Å². The molecule has 2 aliphatic rings. The van der Waals surface area contributed by atoms with Gasteiger partial charge in [0, 0.05) is 41.1 Å². The van der Waals surface area contributed by atoms with Crippen LogP contribution in [0.2, 0.25) is 0 Å². The molecule has 2 heterocycles. The topological polar surface area (TPSA) is 31.1 Å². The van der Waals surface area contributed by atoms with Gasteiger partial charge in [-0.05, 0) is 49.9 Å². The van der Waals surface area contributed by atoms with E-state index in [9.17, 15) is 0 Å². The third-order valence-corrected chi connectivity index (χ3v) is 5.86.